The van der Waals surface area contributed by atoms with Gasteiger partial charge in [0.25, 0.3) is 5.91 Å². The molecular weight excluding hydrogens is 339 g/mol. The average Bonchev–Trinajstić information content (AvgIpc) is 2.35. The molecule has 0 saturated heterocycles. The standard InChI is InChI=1S/C12H16F7NO3/c1-4-23-8(21)7(5-6(2)3)20-9(22)10(13,14)11(15,16)12(17,18)19/h6-7H,4-5H2,1-3H3,(H,20,22). The van der Waals surface area contributed by atoms with Crippen LogP contribution in [0.1, 0.15) is 27.2 Å². The van der Waals surface area contributed by atoms with Crippen molar-refractivity contribution in [2.24, 2.45) is 5.92 Å². The van der Waals surface area contributed by atoms with Crippen LogP contribution >= 0.6 is 0 Å². The van der Waals surface area contributed by atoms with Gasteiger partial charge < -0.3 is 10.1 Å². The minimum absolute atomic E-state index is 0.196. The van der Waals surface area contributed by atoms with Crippen molar-refractivity contribution in [3.05, 3.63) is 0 Å². The van der Waals surface area contributed by atoms with E-state index in [1.54, 1.807) is 0 Å². The summed E-state index contributed by atoms with van der Waals surface area (Å²) in [7, 11) is 0. The molecule has 0 spiro atoms. The van der Waals surface area contributed by atoms with Crippen molar-refractivity contribution < 1.29 is 45.1 Å². The van der Waals surface area contributed by atoms with Crippen LogP contribution in [0.5, 0.6) is 0 Å². The molecule has 23 heavy (non-hydrogen) atoms. The Labute approximate surface area is 127 Å². The van der Waals surface area contributed by atoms with Crippen LogP contribution in [0.2, 0.25) is 0 Å². The van der Waals surface area contributed by atoms with E-state index in [9.17, 15) is 40.3 Å². The normalized spacial score (nSPS) is 14.6. The highest BCUT2D eigenvalue weighted by Crippen LogP contribution is 2.46. The first kappa shape index (κ1) is 21.4. The Morgan fingerprint density at radius 1 is 1.04 bits per heavy atom. The predicted octanol–water partition coefficient (Wildman–Crippen LogP) is 2.91. The van der Waals surface area contributed by atoms with Crippen molar-refractivity contribution >= 4 is 11.9 Å². The molecule has 1 amide bonds. The summed E-state index contributed by atoms with van der Waals surface area (Å²) >= 11 is 0. The Morgan fingerprint density at radius 3 is 1.87 bits per heavy atom. The molecule has 4 nitrogen and oxygen atoms in total. The second-order valence-corrected chi connectivity index (χ2v) is 5.05. The number of nitrogens with one attached hydrogen (secondary N) is 1. The summed E-state index contributed by atoms with van der Waals surface area (Å²) < 4.78 is 92.5. The molecule has 0 aromatic heterocycles. The summed E-state index contributed by atoms with van der Waals surface area (Å²) in [5.41, 5.74) is 0. The van der Waals surface area contributed by atoms with Crippen molar-refractivity contribution in [1.82, 2.24) is 5.32 Å². The lowest BCUT2D eigenvalue weighted by Gasteiger charge is -2.28. The molecule has 0 saturated carbocycles. The van der Waals surface area contributed by atoms with E-state index >= 15 is 0 Å². The molecule has 0 heterocycles. The first-order valence-corrected chi connectivity index (χ1v) is 6.48. The molecule has 0 aliphatic rings. The van der Waals surface area contributed by atoms with Gasteiger partial charge in [-0.05, 0) is 19.3 Å². The largest absolute Gasteiger partial charge is 0.464 e. The highest BCUT2D eigenvalue weighted by Gasteiger charge is 2.76. The van der Waals surface area contributed by atoms with Crippen LogP contribution < -0.4 is 5.32 Å². The van der Waals surface area contributed by atoms with E-state index in [0.717, 1.165) is 0 Å². The number of halogens is 7. The van der Waals surface area contributed by atoms with Gasteiger partial charge in [-0.1, -0.05) is 13.8 Å². The number of hydrogen-bond donors (Lipinski definition) is 1. The van der Waals surface area contributed by atoms with Crippen molar-refractivity contribution in [2.75, 3.05) is 6.61 Å². The number of carbonyl (C=O) groups is 2. The zero-order valence-electron chi connectivity index (χ0n) is 12.4. The number of hydrogen-bond acceptors (Lipinski definition) is 3. The predicted molar refractivity (Wildman–Crippen MR) is 64.0 cm³/mol. The lowest BCUT2D eigenvalue weighted by Crippen LogP contribution is -2.61. The third-order valence-corrected chi connectivity index (χ3v) is 2.62. The second-order valence-electron chi connectivity index (χ2n) is 5.05. The highest BCUT2D eigenvalue weighted by molar-refractivity contribution is 5.89. The quantitative estimate of drug-likeness (QED) is 0.564. The molecule has 11 heteroatoms. The average molecular weight is 355 g/mol. The maximum absolute atomic E-state index is 13.2. The SMILES string of the molecule is CCOC(=O)C(CC(C)C)NC(=O)C(F)(F)C(F)(F)C(F)(F)F. The van der Waals surface area contributed by atoms with E-state index in [0.29, 0.717) is 0 Å². The summed E-state index contributed by atoms with van der Waals surface area (Å²) in [5, 5.41) is 1.21. The maximum atomic E-state index is 13.2. The summed E-state index contributed by atoms with van der Waals surface area (Å²) in [6.45, 7) is 4.19. The molecule has 1 N–H and O–H groups in total. The van der Waals surface area contributed by atoms with Crippen LogP contribution in [-0.4, -0.2) is 42.5 Å². The van der Waals surface area contributed by atoms with Gasteiger partial charge in [0.2, 0.25) is 0 Å². The van der Waals surface area contributed by atoms with Crippen LogP contribution in [0.15, 0.2) is 0 Å². The number of amides is 1. The molecular formula is C12H16F7NO3. The van der Waals surface area contributed by atoms with E-state index in [1.807, 2.05) is 0 Å². The maximum Gasteiger partial charge on any atom is 0.460 e. The van der Waals surface area contributed by atoms with Crippen molar-refractivity contribution in [3.8, 4) is 0 Å². The Morgan fingerprint density at radius 2 is 1.52 bits per heavy atom. The Balaban J connectivity index is 5.36. The highest BCUT2D eigenvalue weighted by atomic mass is 19.4. The van der Waals surface area contributed by atoms with Gasteiger partial charge in [0.15, 0.2) is 0 Å². The van der Waals surface area contributed by atoms with Gasteiger partial charge in [0.05, 0.1) is 6.61 Å². The van der Waals surface area contributed by atoms with Crippen molar-refractivity contribution in [2.45, 2.75) is 51.3 Å². The molecule has 0 bridgehead atoms. The molecule has 0 fully saturated rings. The fourth-order valence-corrected chi connectivity index (χ4v) is 1.50. The lowest BCUT2D eigenvalue weighted by atomic mass is 10.0. The monoisotopic (exact) mass is 355 g/mol. The van der Waals surface area contributed by atoms with Gasteiger partial charge in [-0.3, -0.25) is 4.79 Å². The number of carbonyl (C=O) groups excluding carboxylic acids is 2. The van der Waals surface area contributed by atoms with Crippen molar-refractivity contribution in [3.63, 3.8) is 0 Å². The second kappa shape index (κ2) is 7.35. The number of esters is 1. The fraction of sp³-hybridized carbons (Fsp3) is 0.833. The molecule has 0 radical (unpaired) electrons. The van der Waals surface area contributed by atoms with Crippen LogP contribution in [0.25, 0.3) is 0 Å². The zero-order valence-corrected chi connectivity index (χ0v) is 12.4. The van der Waals surface area contributed by atoms with E-state index in [4.69, 9.17) is 0 Å². The first-order chi connectivity index (χ1) is 10.2. The third-order valence-electron chi connectivity index (χ3n) is 2.62. The molecule has 136 valence electrons. The zero-order chi connectivity index (χ0) is 18.6. The Hall–Kier alpha value is -1.55. The lowest BCUT2D eigenvalue weighted by molar-refractivity contribution is -0.344. The van der Waals surface area contributed by atoms with Gasteiger partial charge in [0.1, 0.15) is 6.04 Å². The molecule has 0 rings (SSSR count). The molecule has 1 unspecified atom stereocenters. The van der Waals surface area contributed by atoms with Crippen LogP contribution in [-0.2, 0) is 14.3 Å². The molecule has 1 atom stereocenters. The Kier molecular flexibility index (Phi) is 6.85. The van der Waals surface area contributed by atoms with Crippen LogP contribution in [0, 0.1) is 5.92 Å². The minimum atomic E-state index is -6.63. The summed E-state index contributed by atoms with van der Waals surface area (Å²) in [6.07, 6.45) is -6.91. The van der Waals surface area contributed by atoms with E-state index < -0.39 is 35.9 Å². The van der Waals surface area contributed by atoms with E-state index in [-0.39, 0.29) is 18.9 Å². The number of alkyl halides is 7. The Bertz CT molecular complexity index is 435. The van der Waals surface area contributed by atoms with Gasteiger partial charge in [-0.2, -0.15) is 30.7 Å². The summed E-state index contributed by atoms with van der Waals surface area (Å²) in [4.78, 5) is 22.7. The molecule has 0 aliphatic carbocycles. The van der Waals surface area contributed by atoms with Crippen molar-refractivity contribution in [1.29, 1.82) is 0 Å². The smallest absolute Gasteiger partial charge is 0.460 e. The third kappa shape index (κ3) is 4.96. The molecule has 0 aliphatic heterocycles. The van der Waals surface area contributed by atoms with E-state index in [1.165, 1.54) is 26.1 Å². The van der Waals surface area contributed by atoms with Gasteiger partial charge in [-0.15, -0.1) is 0 Å². The molecule has 0 aromatic carbocycles. The van der Waals surface area contributed by atoms with Gasteiger partial charge >= 0.3 is 24.0 Å². The topological polar surface area (TPSA) is 55.4 Å². The fourth-order valence-electron chi connectivity index (χ4n) is 1.50. The number of ether oxygens (including phenoxy) is 1. The van der Waals surface area contributed by atoms with Gasteiger partial charge in [0, 0.05) is 0 Å². The van der Waals surface area contributed by atoms with Crippen LogP contribution in [0.3, 0.4) is 0 Å². The molecule has 0 aromatic rings. The summed E-state index contributed by atoms with van der Waals surface area (Å²) in [5.74, 6) is -17.1. The first-order valence-electron chi connectivity index (χ1n) is 6.48. The summed E-state index contributed by atoms with van der Waals surface area (Å²) in [6, 6.07) is -1.77. The minimum Gasteiger partial charge on any atom is -0.464 e. The van der Waals surface area contributed by atoms with Crippen LogP contribution in [0.4, 0.5) is 30.7 Å². The number of rotatable bonds is 7. The van der Waals surface area contributed by atoms with Gasteiger partial charge in [-0.25, -0.2) is 4.79 Å². The van der Waals surface area contributed by atoms with E-state index in [2.05, 4.69) is 4.74 Å².